The minimum atomic E-state index is -0.666. The standard InChI is InChI=1S/C14H20N6O2/c1-2-5-20-9-10(7-16-20)8-19-6-3-4-11(19)14-17-13(12(15)21)18-22-14/h7,9,11H,2-6,8H2,1H3,(H2,15,21)/t11-/m0/s1. The Morgan fingerprint density at radius 2 is 2.41 bits per heavy atom. The molecule has 0 radical (unpaired) electrons. The van der Waals surface area contributed by atoms with Crippen LogP contribution in [0.1, 0.15) is 54.3 Å². The van der Waals surface area contributed by atoms with Crippen LogP contribution in [0.4, 0.5) is 0 Å². The van der Waals surface area contributed by atoms with E-state index >= 15 is 0 Å². The fourth-order valence-corrected chi connectivity index (χ4v) is 2.84. The number of aryl methyl sites for hydroxylation is 1. The summed E-state index contributed by atoms with van der Waals surface area (Å²) in [6.45, 7) is 4.79. The second-order valence-corrected chi connectivity index (χ2v) is 5.56. The molecule has 0 bridgehead atoms. The smallest absolute Gasteiger partial charge is 0.290 e. The van der Waals surface area contributed by atoms with Crippen LogP contribution in [0.2, 0.25) is 0 Å². The molecule has 0 spiro atoms. The number of primary amides is 1. The van der Waals surface area contributed by atoms with Gasteiger partial charge in [-0.05, 0) is 25.8 Å². The summed E-state index contributed by atoms with van der Waals surface area (Å²) in [5.41, 5.74) is 6.33. The molecule has 3 heterocycles. The van der Waals surface area contributed by atoms with Gasteiger partial charge in [0.1, 0.15) is 0 Å². The largest absolute Gasteiger partial charge is 0.363 e. The Labute approximate surface area is 128 Å². The van der Waals surface area contributed by atoms with Gasteiger partial charge >= 0.3 is 0 Å². The van der Waals surface area contributed by atoms with E-state index in [1.807, 2.05) is 10.9 Å². The lowest BCUT2D eigenvalue weighted by Crippen LogP contribution is -2.23. The molecule has 2 N–H and O–H groups in total. The third-order valence-electron chi connectivity index (χ3n) is 3.84. The number of hydrogen-bond donors (Lipinski definition) is 1. The number of rotatable bonds is 6. The van der Waals surface area contributed by atoms with E-state index in [0.717, 1.165) is 44.5 Å². The summed E-state index contributed by atoms with van der Waals surface area (Å²) in [6.07, 6.45) is 7.02. The van der Waals surface area contributed by atoms with E-state index in [0.29, 0.717) is 5.89 Å². The van der Waals surface area contributed by atoms with Gasteiger partial charge in [0.25, 0.3) is 11.7 Å². The van der Waals surface area contributed by atoms with Crippen LogP contribution in [0.3, 0.4) is 0 Å². The van der Waals surface area contributed by atoms with Gasteiger partial charge in [0.2, 0.25) is 5.89 Å². The fraction of sp³-hybridized carbons (Fsp3) is 0.571. The molecule has 1 saturated heterocycles. The van der Waals surface area contributed by atoms with Gasteiger partial charge in [0.15, 0.2) is 0 Å². The van der Waals surface area contributed by atoms with E-state index in [-0.39, 0.29) is 11.9 Å². The average molecular weight is 304 g/mol. The van der Waals surface area contributed by atoms with E-state index in [1.54, 1.807) is 0 Å². The van der Waals surface area contributed by atoms with Gasteiger partial charge in [-0.3, -0.25) is 14.4 Å². The Hall–Kier alpha value is -2.22. The number of carbonyl (C=O) groups is 1. The number of amides is 1. The Kier molecular flexibility index (Phi) is 4.19. The van der Waals surface area contributed by atoms with E-state index in [1.165, 1.54) is 0 Å². The maximum absolute atomic E-state index is 11.1. The molecule has 2 aromatic rings. The van der Waals surface area contributed by atoms with Crippen molar-refractivity contribution < 1.29 is 9.32 Å². The van der Waals surface area contributed by atoms with Crippen molar-refractivity contribution in [1.82, 2.24) is 24.8 Å². The van der Waals surface area contributed by atoms with Gasteiger partial charge in [-0.1, -0.05) is 12.1 Å². The first-order chi connectivity index (χ1) is 10.7. The molecule has 0 saturated carbocycles. The lowest BCUT2D eigenvalue weighted by Gasteiger charge is -2.20. The van der Waals surface area contributed by atoms with Gasteiger partial charge in [-0.25, -0.2) is 0 Å². The quantitative estimate of drug-likeness (QED) is 0.857. The number of nitrogens with two attached hydrogens (primary N) is 1. The number of carbonyl (C=O) groups excluding carboxylic acids is 1. The average Bonchev–Trinajstić information content (AvgIpc) is 3.19. The summed E-state index contributed by atoms with van der Waals surface area (Å²) in [7, 11) is 0. The Balaban J connectivity index is 1.70. The van der Waals surface area contributed by atoms with Crippen LogP contribution >= 0.6 is 0 Å². The molecular weight excluding hydrogens is 284 g/mol. The highest BCUT2D eigenvalue weighted by Gasteiger charge is 2.31. The summed E-state index contributed by atoms with van der Waals surface area (Å²) in [5, 5.41) is 7.98. The van der Waals surface area contributed by atoms with Gasteiger partial charge in [-0.15, -0.1) is 0 Å². The number of hydrogen-bond acceptors (Lipinski definition) is 6. The molecule has 0 aromatic carbocycles. The fourth-order valence-electron chi connectivity index (χ4n) is 2.84. The Morgan fingerprint density at radius 3 is 3.14 bits per heavy atom. The molecule has 8 heteroatoms. The highest BCUT2D eigenvalue weighted by atomic mass is 16.5. The topological polar surface area (TPSA) is 103 Å². The molecule has 118 valence electrons. The summed E-state index contributed by atoms with van der Waals surface area (Å²) in [5.74, 6) is -0.259. The summed E-state index contributed by atoms with van der Waals surface area (Å²) in [4.78, 5) is 17.5. The lowest BCUT2D eigenvalue weighted by atomic mass is 10.2. The van der Waals surface area contributed by atoms with Gasteiger partial charge in [0.05, 0.1) is 12.2 Å². The maximum Gasteiger partial charge on any atom is 0.290 e. The monoisotopic (exact) mass is 304 g/mol. The highest BCUT2D eigenvalue weighted by molar-refractivity contribution is 5.88. The lowest BCUT2D eigenvalue weighted by molar-refractivity contribution is 0.0987. The molecule has 0 aliphatic carbocycles. The number of likely N-dealkylation sites (tertiary alicyclic amines) is 1. The predicted octanol–water partition coefficient (Wildman–Crippen LogP) is 1.11. The van der Waals surface area contributed by atoms with Crippen molar-refractivity contribution in [2.45, 2.75) is 45.3 Å². The van der Waals surface area contributed by atoms with Crippen molar-refractivity contribution in [3.05, 3.63) is 29.7 Å². The van der Waals surface area contributed by atoms with Crippen molar-refractivity contribution in [2.24, 2.45) is 5.73 Å². The predicted molar refractivity (Wildman–Crippen MR) is 77.7 cm³/mol. The molecule has 2 aromatic heterocycles. The molecule has 22 heavy (non-hydrogen) atoms. The van der Waals surface area contributed by atoms with Crippen LogP contribution in [0.15, 0.2) is 16.9 Å². The molecule has 1 aliphatic heterocycles. The zero-order valence-electron chi connectivity index (χ0n) is 12.6. The molecule has 1 amide bonds. The van der Waals surface area contributed by atoms with Crippen LogP contribution in [0, 0.1) is 0 Å². The molecular formula is C14H20N6O2. The minimum Gasteiger partial charge on any atom is -0.363 e. The Bertz CT molecular complexity index is 649. The van der Waals surface area contributed by atoms with Crippen molar-refractivity contribution in [3.8, 4) is 0 Å². The number of nitrogens with zero attached hydrogens (tertiary/aromatic N) is 5. The van der Waals surface area contributed by atoms with Gasteiger partial charge in [-0.2, -0.15) is 10.1 Å². The third kappa shape index (κ3) is 3.01. The third-order valence-corrected chi connectivity index (χ3v) is 3.84. The van der Waals surface area contributed by atoms with Crippen molar-refractivity contribution >= 4 is 5.91 Å². The van der Waals surface area contributed by atoms with E-state index < -0.39 is 5.91 Å². The Morgan fingerprint density at radius 1 is 1.55 bits per heavy atom. The van der Waals surface area contributed by atoms with Crippen LogP contribution in [-0.4, -0.2) is 37.3 Å². The SMILES string of the molecule is CCCn1cc(CN2CCC[C@H]2c2nc(C(N)=O)no2)cn1. The molecule has 1 atom stereocenters. The second-order valence-electron chi connectivity index (χ2n) is 5.56. The minimum absolute atomic E-state index is 0.0372. The molecule has 1 aliphatic rings. The molecule has 0 unspecified atom stereocenters. The van der Waals surface area contributed by atoms with E-state index in [2.05, 4.69) is 33.3 Å². The summed E-state index contributed by atoms with van der Waals surface area (Å²) in [6, 6.07) is 0.0372. The van der Waals surface area contributed by atoms with Crippen LogP contribution in [0.25, 0.3) is 0 Å². The number of aromatic nitrogens is 4. The van der Waals surface area contributed by atoms with Crippen molar-refractivity contribution in [3.63, 3.8) is 0 Å². The molecule has 1 fully saturated rings. The summed E-state index contributed by atoms with van der Waals surface area (Å²) < 4.78 is 7.15. The van der Waals surface area contributed by atoms with E-state index in [4.69, 9.17) is 10.3 Å². The normalized spacial score (nSPS) is 18.9. The summed E-state index contributed by atoms with van der Waals surface area (Å²) >= 11 is 0. The van der Waals surface area contributed by atoms with Crippen molar-refractivity contribution in [1.29, 1.82) is 0 Å². The zero-order valence-corrected chi connectivity index (χ0v) is 12.6. The van der Waals surface area contributed by atoms with Gasteiger partial charge < -0.3 is 10.3 Å². The zero-order chi connectivity index (χ0) is 15.5. The second kappa shape index (κ2) is 6.27. The molecule has 3 rings (SSSR count). The molecule has 8 nitrogen and oxygen atoms in total. The van der Waals surface area contributed by atoms with Crippen molar-refractivity contribution in [2.75, 3.05) is 6.54 Å². The van der Waals surface area contributed by atoms with E-state index in [9.17, 15) is 4.79 Å². The highest BCUT2D eigenvalue weighted by Crippen LogP contribution is 2.32. The maximum atomic E-state index is 11.1. The van der Waals surface area contributed by atoms with Crippen LogP contribution in [0.5, 0.6) is 0 Å². The van der Waals surface area contributed by atoms with Crippen LogP contribution in [-0.2, 0) is 13.1 Å². The first kappa shape index (κ1) is 14.7. The van der Waals surface area contributed by atoms with Crippen LogP contribution < -0.4 is 5.73 Å². The first-order valence-corrected chi connectivity index (χ1v) is 7.56. The first-order valence-electron chi connectivity index (χ1n) is 7.56. The van der Waals surface area contributed by atoms with Gasteiger partial charge in [0, 0.05) is 24.8 Å².